The number of carbonyl (C=O) groups excluding carboxylic acids is 1. The maximum Gasteiger partial charge on any atom is 0.410 e. The Hall–Kier alpha value is -2.58. The van der Waals surface area contributed by atoms with Crippen molar-refractivity contribution in [2.24, 2.45) is 10.7 Å². The van der Waals surface area contributed by atoms with Crippen molar-refractivity contribution >= 4 is 34.6 Å². The summed E-state index contributed by atoms with van der Waals surface area (Å²) in [6.45, 7) is 7.71. The van der Waals surface area contributed by atoms with Crippen LogP contribution in [0.2, 0.25) is 0 Å². The van der Waals surface area contributed by atoms with Crippen molar-refractivity contribution in [3.63, 3.8) is 0 Å². The van der Waals surface area contributed by atoms with Gasteiger partial charge in [0.2, 0.25) is 0 Å². The van der Waals surface area contributed by atoms with E-state index in [0.29, 0.717) is 18.9 Å². The summed E-state index contributed by atoms with van der Waals surface area (Å²) in [5.74, 6) is 0.525. The molecule has 0 fully saturated rings. The zero-order valence-corrected chi connectivity index (χ0v) is 18.6. The summed E-state index contributed by atoms with van der Waals surface area (Å²) < 4.78 is 5.45. The predicted molar refractivity (Wildman–Crippen MR) is 122 cm³/mol. The Morgan fingerprint density at radius 2 is 2.13 bits per heavy atom. The van der Waals surface area contributed by atoms with Crippen molar-refractivity contribution in [3.8, 4) is 0 Å². The largest absolute Gasteiger partial charge is 0.444 e. The molecular weight excluding hydrogens is 400 g/mol. The number of carbonyl (C=O) groups is 1. The van der Waals surface area contributed by atoms with Gasteiger partial charge in [-0.3, -0.25) is 0 Å². The smallest absolute Gasteiger partial charge is 0.410 e. The molecule has 1 aliphatic rings. The molecule has 0 bridgehead atoms. The van der Waals surface area contributed by atoms with Gasteiger partial charge in [-0.1, -0.05) is 6.07 Å². The molecular formula is C22H30N4O3S. The first-order valence-corrected chi connectivity index (χ1v) is 11.0. The molecule has 0 spiro atoms. The van der Waals surface area contributed by atoms with Crippen LogP contribution in [0.3, 0.4) is 0 Å². The minimum absolute atomic E-state index is 0.0944. The van der Waals surface area contributed by atoms with E-state index in [2.05, 4.69) is 22.0 Å². The summed E-state index contributed by atoms with van der Waals surface area (Å²) in [5.41, 5.74) is 8.76. The lowest BCUT2D eigenvalue weighted by molar-refractivity contribution is 0.0224. The number of nitrogens with two attached hydrogens (primary N) is 1. The van der Waals surface area contributed by atoms with Gasteiger partial charge in [0.1, 0.15) is 11.4 Å². The first kappa shape index (κ1) is 22.1. The average molecular weight is 431 g/mol. The predicted octanol–water partition coefficient (Wildman–Crippen LogP) is 3.38. The number of anilines is 1. The number of ether oxygens (including phenoxy) is 1. The molecule has 1 aromatic heterocycles. The molecule has 0 radical (unpaired) electrons. The topological polar surface area (TPSA) is 91.4 Å². The third-order valence-corrected chi connectivity index (χ3v) is 5.63. The van der Waals surface area contributed by atoms with E-state index < -0.39 is 11.7 Å². The van der Waals surface area contributed by atoms with Crippen molar-refractivity contribution in [2.45, 2.75) is 32.8 Å². The molecule has 162 valence electrons. The Bertz CT molecular complexity index is 890. The monoisotopic (exact) mass is 430 g/mol. The SMILES string of the molecule is CC(C)(C)OC(=O)N(CCO)CCN1CCc2cc(N=C(N)c3cccs3)ccc21. The molecule has 0 aliphatic carbocycles. The van der Waals surface area contributed by atoms with E-state index in [4.69, 9.17) is 10.5 Å². The average Bonchev–Trinajstić information content (AvgIpc) is 3.33. The quantitative estimate of drug-likeness (QED) is 0.519. The van der Waals surface area contributed by atoms with Gasteiger partial charge < -0.3 is 25.4 Å². The van der Waals surface area contributed by atoms with E-state index in [1.165, 1.54) is 5.56 Å². The Balaban J connectivity index is 1.65. The first-order valence-electron chi connectivity index (χ1n) is 10.1. The van der Waals surface area contributed by atoms with Crippen LogP contribution in [-0.4, -0.2) is 60.3 Å². The van der Waals surface area contributed by atoms with Gasteiger partial charge in [-0.15, -0.1) is 11.3 Å². The Morgan fingerprint density at radius 1 is 1.33 bits per heavy atom. The minimum atomic E-state index is -0.563. The summed E-state index contributed by atoms with van der Waals surface area (Å²) in [6.07, 6.45) is 0.522. The molecule has 1 aromatic carbocycles. The number of thiophene rings is 1. The third kappa shape index (κ3) is 5.73. The molecule has 3 N–H and O–H groups in total. The fraction of sp³-hybridized carbons (Fsp3) is 0.455. The highest BCUT2D eigenvalue weighted by atomic mass is 32.1. The number of nitrogens with zero attached hydrogens (tertiary/aromatic N) is 3. The van der Waals surface area contributed by atoms with E-state index in [1.54, 1.807) is 16.2 Å². The second kappa shape index (κ2) is 9.49. The maximum absolute atomic E-state index is 12.4. The van der Waals surface area contributed by atoms with Gasteiger partial charge in [0.25, 0.3) is 0 Å². The van der Waals surface area contributed by atoms with Crippen molar-refractivity contribution in [2.75, 3.05) is 37.7 Å². The lowest BCUT2D eigenvalue weighted by Gasteiger charge is -2.29. The van der Waals surface area contributed by atoms with Crippen LogP contribution in [0.5, 0.6) is 0 Å². The van der Waals surface area contributed by atoms with E-state index >= 15 is 0 Å². The van der Waals surface area contributed by atoms with Gasteiger partial charge in [0.05, 0.1) is 17.2 Å². The van der Waals surface area contributed by atoms with Crippen LogP contribution < -0.4 is 10.6 Å². The van der Waals surface area contributed by atoms with E-state index in [9.17, 15) is 9.90 Å². The Morgan fingerprint density at radius 3 is 2.80 bits per heavy atom. The van der Waals surface area contributed by atoms with Crippen LogP contribution in [-0.2, 0) is 11.2 Å². The normalized spacial score (nSPS) is 14.0. The second-order valence-corrected chi connectivity index (χ2v) is 9.16. The van der Waals surface area contributed by atoms with Crippen molar-refractivity contribution < 1.29 is 14.6 Å². The minimum Gasteiger partial charge on any atom is -0.444 e. The summed E-state index contributed by atoms with van der Waals surface area (Å²) in [4.78, 5) is 21.7. The molecule has 2 aromatic rings. The van der Waals surface area contributed by atoms with Crippen molar-refractivity contribution in [1.82, 2.24) is 4.90 Å². The molecule has 30 heavy (non-hydrogen) atoms. The molecule has 0 saturated heterocycles. The Labute approximate surface area is 181 Å². The molecule has 0 unspecified atom stereocenters. The van der Waals surface area contributed by atoms with Gasteiger partial charge in [-0.2, -0.15) is 0 Å². The number of hydrogen-bond acceptors (Lipinski definition) is 6. The first-order chi connectivity index (χ1) is 14.3. The molecule has 8 heteroatoms. The number of aliphatic hydroxyl groups is 1. The lowest BCUT2D eigenvalue weighted by atomic mass is 10.1. The molecule has 1 amide bonds. The van der Waals surface area contributed by atoms with Crippen LogP contribution in [0, 0.1) is 0 Å². The van der Waals surface area contributed by atoms with Gasteiger partial charge >= 0.3 is 6.09 Å². The zero-order chi connectivity index (χ0) is 21.7. The maximum atomic E-state index is 12.4. The molecule has 2 heterocycles. The van der Waals surface area contributed by atoms with Crippen LogP contribution in [0.15, 0.2) is 40.7 Å². The fourth-order valence-corrected chi connectivity index (χ4v) is 3.99. The van der Waals surface area contributed by atoms with Gasteiger partial charge in [-0.05, 0) is 62.4 Å². The highest BCUT2D eigenvalue weighted by Crippen LogP contribution is 2.31. The third-order valence-electron chi connectivity index (χ3n) is 4.74. The molecule has 0 atom stereocenters. The number of aliphatic hydroxyl groups excluding tert-OH is 1. The molecule has 7 nitrogen and oxygen atoms in total. The summed E-state index contributed by atoms with van der Waals surface area (Å²) in [5, 5.41) is 11.3. The fourth-order valence-electron chi connectivity index (χ4n) is 3.36. The second-order valence-electron chi connectivity index (χ2n) is 8.22. The van der Waals surface area contributed by atoms with Gasteiger partial charge in [0.15, 0.2) is 0 Å². The zero-order valence-electron chi connectivity index (χ0n) is 17.8. The van der Waals surface area contributed by atoms with Crippen molar-refractivity contribution in [1.29, 1.82) is 0 Å². The van der Waals surface area contributed by atoms with Crippen LogP contribution >= 0.6 is 11.3 Å². The highest BCUT2D eigenvalue weighted by Gasteiger charge is 2.24. The highest BCUT2D eigenvalue weighted by molar-refractivity contribution is 7.12. The van der Waals surface area contributed by atoms with Crippen molar-refractivity contribution in [3.05, 3.63) is 46.2 Å². The van der Waals surface area contributed by atoms with E-state index in [-0.39, 0.29) is 13.2 Å². The van der Waals surface area contributed by atoms with Gasteiger partial charge in [0, 0.05) is 31.9 Å². The number of aliphatic imine (C=N–C) groups is 1. The molecule has 0 saturated carbocycles. The van der Waals surface area contributed by atoms with Crippen LogP contribution in [0.25, 0.3) is 0 Å². The number of amides is 1. The molecule has 1 aliphatic heterocycles. The van der Waals surface area contributed by atoms with E-state index in [1.807, 2.05) is 44.4 Å². The number of amidine groups is 1. The standard InChI is InChI=1S/C22H30N4O3S/c1-22(2,3)29-21(28)26(12-13-27)11-10-25-9-8-16-15-17(6-7-18(16)25)24-20(23)19-5-4-14-30-19/h4-7,14-15,27H,8-13H2,1-3H3,(H2,23,24). The van der Waals surface area contributed by atoms with Crippen LogP contribution in [0.1, 0.15) is 31.2 Å². The summed E-state index contributed by atoms with van der Waals surface area (Å²) in [6, 6.07) is 10.0. The summed E-state index contributed by atoms with van der Waals surface area (Å²) in [7, 11) is 0. The number of benzene rings is 1. The molecule has 3 rings (SSSR count). The van der Waals surface area contributed by atoms with E-state index in [0.717, 1.165) is 29.2 Å². The number of hydrogen-bond donors (Lipinski definition) is 2. The van der Waals surface area contributed by atoms with Gasteiger partial charge in [-0.25, -0.2) is 9.79 Å². The Kier molecular flexibility index (Phi) is 6.99. The number of rotatable bonds is 7. The summed E-state index contributed by atoms with van der Waals surface area (Å²) >= 11 is 1.57. The number of fused-ring (bicyclic) bond motifs is 1. The lowest BCUT2D eigenvalue weighted by Crippen LogP contribution is -2.42. The van der Waals surface area contributed by atoms with Crippen LogP contribution in [0.4, 0.5) is 16.2 Å².